The molecule has 0 fully saturated rings. The number of hydrogen-bond donors (Lipinski definition) is 2. The van der Waals surface area contributed by atoms with Gasteiger partial charge in [0.1, 0.15) is 0 Å². The number of aryl methyl sites for hydroxylation is 1. The maximum atomic E-state index is 13.7. The standard InChI is InChI=1S/C16H19FN2O4/c1-10-12(14(9-20)19-18-10)4-3-7-23-15-8-11(16(21)22-2)5-6-13(15)17/h5-6,8,20H,3-4,7,9H2,1-2H3,(H,18,19). The molecule has 7 heteroatoms. The molecule has 0 aliphatic carbocycles. The van der Waals surface area contributed by atoms with Gasteiger partial charge in [-0.05, 0) is 43.5 Å². The van der Waals surface area contributed by atoms with E-state index in [2.05, 4.69) is 14.9 Å². The molecule has 0 amide bonds. The summed E-state index contributed by atoms with van der Waals surface area (Å²) in [7, 11) is 1.26. The molecular weight excluding hydrogens is 303 g/mol. The SMILES string of the molecule is COC(=O)c1ccc(F)c(OCCCc2c(C)n[nH]c2CO)c1. The Morgan fingerprint density at radius 3 is 2.91 bits per heavy atom. The van der Waals surface area contributed by atoms with Crippen molar-refractivity contribution in [2.75, 3.05) is 13.7 Å². The summed E-state index contributed by atoms with van der Waals surface area (Å²) < 4.78 is 23.7. The topological polar surface area (TPSA) is 84.4 Å². The lowest BCUT2D eigenvalue weighted by molar-refractivity contribution is 0.0600. The molecule has 0 radical (unpaired) electrons. The maximum Gasteiger partial charge on any atom is 0.337 e. The average Bonchev–Trinajstić information content (AvgIpc) is 2.92. The molecule has 2 rings (SSSR count). The maximum absolute atomic E-state index is 13.7. The van der Waals surface area contributed by atoms with Crippen LogP contribution >= 0.6 is 0 Å². The van der Waals surface area contributed by atoms with Crippen molar-refractivity contribution in [3.63, 3.8) is 0 Å². The number of benzene rings is 1. The number of rotatable bonds is 7. The van der Waals surface area contributed by atoms with Gasteiger partial charge < -0.3 is 14.6 Å². The number of methoxy groups -OCH3 is 1. The summed E-state index contributed by atoms with van der Waals surface area (Å²) in [6, 6.07) is 3.84. The Kier molecular flexibility index (Phi) is 5.70. The van der Waals surface area contributed by atoms with E-state index in [4.69, 9.17) is 4.74 Å². The van der Waals surface area contributed by atoms with Crippen molar-refractivity contribution in [3.8, 4) is 5.75 Å². The molecule has 1 heterocycles. The van der Waals surface area contributed by atoms with Crippen LogP contribution in [0.5, 0.6) is 5.75 Å². The first kappa shape index (κ1) is 17.0. The van der Waals surface area contributed by atoms with Crippen molar-refractivity contribution in [2.45, 2.75) is 26.4 Å². The van der Waals surface area contributed by atoms with Crippen molar-refractivity contribution < 1.29 is 23.8 Å². The molecule has 0 atom stereocenters. The van der Waals surface area contributed by atoms with Crippen LogP contribution in [0, 0.1) is 12.7 Å². The number of ether oxygens (including phenoxy) is 2. The van der Waals surface area contributed by atoms with E-state index in [0.29, 0.717) is 18.5 Å². The molecule has 2 N–H and O–H groups in total. The first-order chi connectivity index (χ1) is 11.1. The van der Waals surface area contributed by atoms with Gasteiger partial charge in [0.25, 0.3) is 0 Å². The fourth-order valence-electron chi connectivity index (χ4n) is 2.26. The summed E-state index contributed by atoms with van der Waals surface area (Å²) >= 11 is 0. The third-order valence-electron chi connectivity index (χ3n) is 3.50. The third kappa shape index (κ3) is 4.07. The predicted molar refractivity (Wildman–Crippen MR) is 80.8 cm³/mol. The second-order valence-electron chi connectivity index (χ2n) is 5.01. The Balaban J connectivity index is 1.93. The van der Waals surface area contributed by atoms with Gasteiger partial charge in [-0.3, -0.25) is 5.10 Å². The molecule has 1 aromatic carbocycles. The second kappa shape index (κ2) is 7.73. The summed E-state index contributed by atoms with van der Waals surface area (Å²) in [5.74, 6) is -1.07. The highest BCUT2D eigenvalue weighted by molar-refractivity contribution is 5.89. The van der Waals surface area contributed by atoms with Gasteiger partial charge in [-0.25, -0.2) is 9.18 Å². The minimum atomic E-state index is -0.545. The zero-order valence-electron chi connectivity index (χ0n) is 13.1. The van der Waals surface area contributed by atoms with Crippen LogP contribution in [0.2, 0.25) is 0 Å². The summed E-state index contributed by atoms with van der Waals surface area (Å²) in [6.07, 6.45) is 1.27. The minimum Gasteiger partial charge on any atom is -0.490 e. The normalized spacial score (nSPS) is 10.6. The van der Waals surface area contributed by atoms with Crippen LogP contribution < -0.4 is 4.74 Å². The summed E-state index contributed by atoms with van der Waals surface area (Å²) in [5.41, 5.74) is 2.69. The lowest BCUT2D eigenvalue weighted by atomic mass is 10.1. The van der Waals surface area contributed by atoms with Gasteiger partial charge >= 0.3 is 5.97 Å². The highest BCUT2D eigenvalue weighted by Crippen LogP contribution is 2.20. The number of carbonyl (C=O) groups excluding carboxylic acids is 1. The minimum absolute atomic E-state index is 0.0131. The van der Waals surface area contributed by atoms with Gasteiger partial charge in [-0.1, -0.05) is 0 Å². The van der Waals surface area contributed by atoms with Gasteiger partial charge in [0, 0.05) is 0 Å². The number of hydrogen-bond acceptors (Lipinski definition) is 5. The highest BCUT2D eigenvalue weighted by Gasteiger charge is 2.12. The first-order valence-corrected chi connectivity index (χ1v) is 7.21. The number of nitrogens with zero attached hydrogens (tertiary/aromatic N) is 1. The van der Waals surface area contributed by atoms with Crippen molar-refractivity contribution >= 4 is 5.97 Å². The molecule has 124 valence electrons. The van der Waals surface area contributed by atoms with Gasteiger partial charge in [-0.2, -0.15) is 5.10 Å². The molecule has 0 spiro atoms. The van der Waals surface area contributed by atoms with E-state index < -0.39 is 11.8 Å². The van der Waals surface area contributed by atoms with E-state index in [1.54, 1.807) is 0 Å². The zero-order chi connectivity index (χ0) is 16.8. The number of H-pyrrole nitrogens is 1. The molecule has 0 aliphatic heterocycles. The van der Waals surface area contributed by atoms with Crippen LogP contribution in [-0.2, 0) is 17.8 Å². The Hall–Kier alpha value is -2.41. The first-order valence-electron chi connectivity index (χ1n) is 7.21. The number of nitrogens with one attached hydrogen (secondary N) is 1. The molecule has 23 heavy (non-hydrogen) atoms. The highest BCUT2D eigenvalue weighted by atomic mass is 19.1. The van der Waals surface area contributed by atoms with Crippen LogP contribution in [0.4, 0.5) is 4.39 Å². The summed E-state index contributed by atoms with van der Waals surface area (Å²) in [4.78, 5) is 11.4. The van der Waals surface area contributed by atoms with Gasteiger partial charge in [0.05, 0.1) is 37.3 Å². The van der Waals surface area contributed by atoms with Crippen molar-refractivity contribution in [2.24, 2.45) is 0 Å². The van der Waals surface area contributed by atoms with Crippen LogP contribution in [0.15, 0.2) is 18.2 Å². The van der Waals surface area contributed by atoms with Crippen LogP contribution in [0.1, 0.15) is 33.7 Å². The van der Waals surface area contributed by atoms with Crippen molar-refractivity contribution in [3.05, 3.63) is 46.5 Å². The molecule has 0 saturated heterocycles. The Morgan fingerprint density at radius 2 is 2.22 bits per heavy atom. The monoisotopic (exact) mass is 322 g/mol. The van der Waals surface area contributed by atoms with E-state index >= 15 is 0 Å². The van der Waals surface area contributed by atoms with E-state index in [0.717, 1.165) is 11.3 Å². The van der Waals surface area contributed by atoms with Gasteiger partial charge in [-0.15, -0.1) is 0 Å². The smallest absolute Gasteiger partial charge is 0.337 e. The van der Waals surface area contributed by atoms with E-state index in [1.165, 1.54) is 25.3 Å². The van der Waals surface area contributed by atoms with Gasteiger partial charge in [0.15, 0.2) is 11.6 Å². The van der Waals surface area contributed by atoms with E-state index in [9.17, 15) is 14.3 Å². The number of aliphatic hydroxyl groups is 1. The lowest BCUT2D eigenvalue weighted by Gasteiger charge is -2.09. The number of aliphatic hydroxyl groups excluding tert-OH is 1. The molecule has 2 aromatic rings. The van der Waals surface area contributed by atoms with Crippen LogP contribution in [-0.4, -0.2) is 35.0 Å². The van der Waals surface area contributed by atoms with E-state index in [-0.39, 0.29) is 24.5 Å². The number of esters is 1. The molecule has 0 bridgehead atoms. The fourth-order valence-corrected chi connectivity index (χ4v) is 2.26. The second-order valence-corrected chi connectivity index (χ2v) is 5.01. The molecule has 1 aromatic heterocycles. The Bertz CT molecular complexity index is 685. The molecule has 0 saturated carbocycles. The van der Waals surface area contributed by atoms with Crippen LogP contribution in [0.3, 0.4) is 0 Å². The predicted octanol–water partition coefficient (Wildman–Crippen LogP) is 2.15. The Morgan fingerprint density at radius 1 is 1.43 bits per heavy atom. The van der Waals surface area contributed by atoms with Gasteiger partial charge in [0.2, 0.25) is 0 Å². The molecular formula is C16H19FN2O4. The van der Waals surface area contributed by atoms with E-state index in [1.807, 2.05) is 6.92 Å². The molecule has 0 aliphatic rings. The average molecular weight is 322 g/mol. The number of aromatic amines is 1. The zero-order valence-corrected chi connectivity index (χ0v) is 13.1. The number of aromatic nitrogens is 2. The fraction of sp³-hybridized carbons (Fsp3) is 0.375. The van der Waals surface area contributed by atoms with Crippen molar-refractivity contribution in [1.29, 1.82) is 0 Å². The van der Waals surface area contributed by atoms with Crippen LogP contribution in [0.25, 0.3) is 0 Å². The molecule has 0 unspecified atom stereocenters. The van der Waals surface area contributed by atoms with Crippen molar-refractivity contribution in [1.82, 2.24) is 10.2 Å². The number of halogens is 1. The number of carbonyl (C=O) groups is 1. The summed E-state index contributed by atoms with van der Waals surface area (Å²) in [5, 5.41) is 16.0. The third-order valence-corrected chi connectivity index (χ3v) is 3.50. The quantitative estimate of drug-likeness (QED) is 0.603. The largest absolute Gasteiger partial charge is 0.490 e. The summed E-state index contributed by atoms with van der Waals surface area (Å²) in [6.45, 7) is 2.02. The Labute approximate surface area is 133 Å². The molecule has 6 nitrogen and oxygen atoms in total. The lowest BCUT2D eigenvalue weighted by Crippen LogP contribution is -2.05.